The third kappa shape index (κ3) is 2.01. The van der Waals surface area contributed by atoms with Crippen molar-refractivity contribution in [2.75, 3.05) is 0 Å². The maximum Gasteiger partial charge on any atom is 0.179 e. The first-order chi connectivity index (χ1) is 5.61. The van der Waals surface area contributed by atoms with E-state index in [4.69, 9.17) is 0 Å². The second kappa shape index (κ2) is 3.63. The number of thiophene rings is 1. The van der Waals surface area contributed by atoms with Crippen LogP contribution in [0.15, 0.2) is 23.6 Å². The number of Topliss-reactive ketones (excluding diaryl/α,β-unsaturated/α-hetero) is 1. The van der Waals surface area contributed by atoms with Crippen molar-refractivity contribution in [3.05, 3.63) is 34.3 Å². The quantitative estimate of drug-likeness (QED) is 0.521. The molecule has 0 atom stereocenters. The first-order valence-electron chi connectivity index (χ1n) is 3.52. The van der Waals surface area contributed by atoms with Crippen LogP contribution in [0, 0.1) is 5.82 Å². The lowest BCUT2D eigenvalue weighted by Crippen LogP contribution is -1.98. The summed E-state index contributed by atoms with van der Waals surface area (Å²) in [7, 11) is 0. The smallest absolute Gasteiger partial charge is 0.179 e. The van der Waals surface area contributed by atoms with E-state index >= 15 is 0 Å². The van der Waals surface area contributed by atoms with Gasteiger partial charge in [0, 0.05) is 6.42 Å². The van der Waals surface area contributed by atoms with E-state index in [0.29, 0.717) is 0 Å². The van der Waals surface area contributed by atoms with Crippen LogP contribution in [0.5, 0.6) is 0 Å². The highest BCUT2D eigenvalue weighted by Gasteiger charge is 2.12. The maximum absolute atomic E-state index is 12.8. The van der Waals surface area contributed by atoms with Crippen LogP contribution in [0.1, 0.15) is 23.0 Å². The van der Waals surface area contributed by atoms with Gasteiger partial charge in [0.15, 0.2) is 5.78 Å². The molecule has 64 valence electrons. The van der Waals surface area contributed by atoms with Crippen LogP contribution in [0.25, 0.3) is 0 Å². The molecular formula is C9H9FOS. The minimum Gasteiger partial charge on any atom is -0.293 e. The summed E-state index contributed by atoms with van der Waals surface area (Å²) in [4.78, 5) is 11.5. The van der Waals surface area contributed by atoms with E-state index in [2.05, 4.69) is 6.58 Å². The second-order valence-electron chi connectivity index (χ2n) is 2.65. The molecule has 1 nitrogen and oxygen atoms in total. The fourth-order valence-corrected chi connectivity index (χ4v) is 1.55. The fraction of sp³-hybridized carbons (Fsp3) is 0.222. The summed E-state index contributed by atoms with van der Waals surface area (Å²) in [6.07, 6.45) is 0.234. The van der Waals surface area contributed by atoms with Gasteiger partial charge < -0.3 is 0 Å². The zero-order chi connectivity index (χ0) is 9.14. The van der Waals surface area contributed by atoms with Crippen molar-refractivity contribution in [2.24, 2.45) is 0 Å². The number of halogens is 1. The van der Waals surface area contributed by atoms with Gasteiger partial charge in [0.1, 0.15) is 10.7 Å². The molecule has 0 aliphatic carbocycles. The highest BCUT2D eigenvalue weighted by atomic mass is 32.1. The minimum absolute atomic E-state index is 0.185. The van der Waals surface area contributed by atoms with Crippen molar-refractivity contribution in [3.8, 4) is 0 Å². The highest BCUT2D eigenvalue weighted by molar-refractivity contribution is 7.12. The van der Waals surface area contributed by atoms with E-state index in [-0.39, 0.29) is 17.1 Å². The molecule has 3 heteroatoms. The molecule has 0 radical (unpaired) electrons. The van der Waals surface area contributed by atoms with Gasteiger partial charge in [-0.1, -0.05) is 12.2 Å². The molecule has 0 aromatic carbocycles. The molecule has 1 aromatic rings. The molecule has 12 heavy (non-hydrogen) atoms. The summed E-state index contributed by atoms with van der Waals surface area (Å²) in [6.45, 7) is 5.35. The van der Waals surface area contributed by atoms with Crippen LogP contribution in [0.2, 0.25) is 0 Å². The largest absolute Gasteiger partial charge is 0.293 e. The molecular weight excluding hydrogens is 175 g/mol. The Morgan fingerprint density at radius 3 is 2.83 bits per heavy atom. The second-order valence-corrected chi connectivity index (χ2v) is 3.57. The van der Waals surface area contributed by atoms with Crippen molar-refractivity contribution >= 4 is 17.1 Å². The van der Waals surface area contributed by atoms with Crippen LogP contribution in [-0.2, 0) is 0 Å². The molecule has 0 aliphatic heterocycles. The lowest BCUT2D eigenvalue weighted by Gasteiger charge is -1.95. The van der Waals surface area contributed by atoms with E-state index in [1.807, 2.05) is 0 Å². The van der Waals surface area contributed by atoms with E-state index in [1.54, 1.807) is 12.3 Å². The Bertz CT molecular complexity index is 314. The van der Waals surface area contributed by atoms with Crippen LogP contribution >= 0.6 is 11.3 Å². The first-order valence-corrected chi connectivity index (χ1v) is 4.40. The normalized spacial score (nSPS) is 9.83. The third-order valence-electron chi connectivity index (χ3n) is 1.33. The SMILES string of the molecule is C=C(C)CC(=O)c1sccc1F. The Balaban J connectivity index is 2.78. The van der Waals surface area contributed by atoms with Gasteiger partial charge in [0.05, 0.1) is 0 Å². The number of carbonyl (C=O) groups excluding carboxylic acids is 1. The van der Waals surface area contributed by atoms with Gasteiger partial charge in [-0.05, 0) is 18.4 Å². The number of allylic oxidation sites excluding steroid dienone is 1. The van der Waals surface area contributed by atoms with E-state index in [1.165, 1.54) is 6.07 Å². The van der Waals surface area contributed by atoms with E-state index < -0.39 is 5.82 Å². The van der Waals surface area contributed by atoms with Gasteiger partial charge in [-0.25, -0.2) is 4.39 Å². The van der Waals surface area contributed by atoms with Gasteiger partial charge in [0.2, 0.25) is 0 Å². The summed E-state index contributed by atoms with van der Waals surface area (Å²) < 4.78 is 12.8. The van der Waals surface area contributed by atoms with Crippen molar-refractivity contribution in [1.82, 2.24) is 0 Å². The third-order valence-corrected chi connectivity index (χ3v) is 2.26. The number of hydrogen-bond donors (Lipinski definition) is 0. The molecule has 1 aromatic heterocycles. The molecule has 0 bridgehead atoms. The zero-order valence-electron chi connectivity index (χ0n) is 6.76. The Hall–Kier alpha value is -0.960. The van der Waals surface area contributed by atoms with Crippen LogP contribution in [0.4, 0.5) is 4.39 Å². The number of carbonyl (C=O) groups is 1. The molecule has 1 rings (SSSR count). The van der Waals surface area contributed by atoms with Crippen molar-refractivity contribution in [3.63, 3.8) is 0 Å². The van der Waals surface area contributed by atoms with Crippen molar-refractivity contribution < 1.29 is 9.18 Å². The van der Waals surface area contributed by atoms with E-state index in [0.717, 1.165) is 16.9 Å². The number of hydrogen-bond acceptors (Lipinski definition) is 2. The Kier molecular flexibility index (Phi) is 2.76. The van der Waals surface area contributed by atoms with Gasteiger partial charge >= 0.3 is 0 Å². The van der Waals surface area contributed by atoms with Gasteiger partial charge in [0.25, 0.3) is 0 Å². The molecule has 0 fully saturated rings. The zero-order valence-corrected chi connectivity index (χ0v) is 7.58. The van der Waals surface area contributed by atoms with Crippen LogP contribution < -0.4 is 0 Å². The average molecular weight is 184 g/mol. The van der Waals surface area contributed by atoms with Gasteiger partial charge in [-0.3, -0.25) is 4.79 Å². The molecule has 0 saturated carbocycles. The summed E-state index contributed by atoms with van der Waals surface area (Å²) in [5.74, 6) is -0.610. The molecule has 0 spiro atoms. The Labute approximate surface area is 74.5 Å². The van der Waals surface area contributed by atoms with Crippen molar-refractivity contribution in [1.29, 1.82) is 0 Å². The summed E-state index contributed by atoms with van der Waals surface area (Å²) in [5.41, 5.74) is 0.757. The van der Waals surface area contributed by atoms with Crippen LogP contribution in [-0.4, -0.2) is 5.78 Å². The summed E-state index contributed by atoms with van der Waals surface area (Å²) in [6, 6.07) is 1.30. The number of rotatable bonds is 3. The van der Waals surface area contributed by atoms with Gasteiger partial charge in [-0.2, -0.15) is 0 Å². The Morgan fingerprint density at radius 2 is 2.42 bits per heavy atom. The maximum atomic E-state index is 12.8. The lowest BCUT2D eigenvalue weighted by atomic mass is 10.1. The standard InChI is InChI=1S/C9H9FOS/c1-6(2)5-8(11)9-7(10)3-4-12-9/h3-4H,1,5H2,2H3. The number of ketones is 1. The van der Waals surface area contributed by atoms with Crippen LogP contribution in [0.3, 0.4) is 0 Å². The molecule has 1 heterocycles. The predicted molar refractivity (Wildman–Crippen MR) is 48.0 cm³/mol. The molecule has 0 unspecified atom stereocenters. The minimum atomic E-state index is -0.425. The van der Waals surface area contributed by atoms with Crippen molar-refractivity contribution in [2.45, 2.75) is 13.3 Å². The highest BCUT2D eigenvalue weighted by Crippen LogP contribution is 2.18. The summed E-state index contributed by atoms with van der Waals surface area (Å²) in [5, 5.41) is 1.57. The topological polar surface area (TPSA) is 17.1 Å². The molecule has 0 amide bonds. The molecule has 0 aliphatic rings. The van der Waals surface area contributed by atoms with Gasteiger partial charge in [-0.15, -0.1) is 11.3 Å². The predicted octanol–water partition coefficient (Wildman–Crippen LogP) is 3.04. The van der Waals surface area contributed by atoms with E-state index in [9.17, 15) is 9.18 Å². The fourth-order valence-electron chi connectivity index (χ4n) is 0.847. The summed E-state index contributed by atoms with van der Waals surface area (Å²) >= 11 is 1.13. The molecule has 0 saturated heterocycles. The first kappa shape index (κ1) is 9.13. The molecule has 0 N–H and O–H groups in total. The average Bonchev–Trinajstić information content (AvgIpc) is 2.33. The Morgan fingerprint density at radius 1 is 1.75 bits per heavy atom. The lowest BCUT2D eigenvalue weighted by molar-refractivity contribution is 0.0993. The monoisotopic (exact) mass is 184 g/mol.